The van der Waals surface area contributed by atoms with Gasteiger partial charge in [-0.15, -0.1) is 6.42 Å². The molecule has 0 aliphatic rings. The molecular weight excluding hydrogens is 314 g/mol. The summed E-state index contributed by atoms with van der Waals surface area (Å²) in [5, 5.41) is 0. The van der Waals surface area contributed by atoms with Crippen molar-refractivity contribution in [2.45, 2.75) is 0 Å². The zero-order chi connectivity index (χ0) is 16.6. The van der Waals surface area contributed by atoms with E-state index in [4.69, 9.17) is 11.2 Å². The van der Waals surface area contributed by atoms with Crippen LogP contribution >= 0.6 is 11.3 Å². The summed E-state index contributed by atoms with van der Waals surface area (Å²) >= 11 is 1.36. The number of methoxy groups -OCH3 is 1. The maximum absolute atomic E-state index is 12.7. The highest BCUT2D eigenvalue weighted by Crippen LogP contribution is 2.27. The van der Waals surface area contributed by atoms with E-state index in [2.05, 4.69) is 10.9 Å². The number of hydrogen-bond donors (Lipinski definition) is 0. The average Bonchev–Trinajstić information content (AvgIpc) is 2.93. The molecule has 0 radical (unpaired) electrons. The molecule has 0 atom stereocenters. The van der Waals surface area contributed by atoms with Gasteiger partial charge in [0, 0.05) is 13.2 Å². The molecule has 6 nitrogen and oxygen atoms in total. The smallest absolute Gasteiger partial charge is 0.271 e. The monoisotopic (exact) mass is 327 g/mol. The Morgan fingerprint density at radius 2 is 2.30 bits per heavy atom. The zero-order valence-corrected chi connectivity index (χ0v) is 13.4. The van der Waals surface area contributed by atoms with E-state index in [0.717, 1.165) is 4.70 Å². The SMILES string of the molecule is C#CCN(C)C(=O)c1cnc2sc3cc(OC)ccc3n2c1=O. The topological polar surface area (TPSA) is 63.9 Å². The molecule has 1 amide bonds. The quantitative estimate of drug-likeness (QED) is 0.686. The van der Waals surface area contributed by atoms with Crippen molar-refractivity contribution in [2.24, 2.45) is 0 Å². The van der Waals surface area contributed by atoms with E-state index >= 15 is 0 Å². The Kier molecular flexibility index (Phi) is 3.76. The molecule has 2 heterocycles. The van der Waals surface area contributed by atoms with Gasteiger partial charge in [0.25, 0.3) is 11.5 Å². The molecule has 0 saturated carbocycles. The van der Waals surface area contributed by atoms with E-state index in [1.165, 1.54) is 26.8 Å². The molecule has 0 bridgehead atoms. The lowest BCUT2D eigenvalue weighted by Gasteiger charge is -2.12. The fourth-order valence-corrected chi connectivity index (χ4v) is 3.29. The van der Waals surface area contributed by atoms with E-state index in [1.807, 2.05) is 6.07 Å². The fraction of sp³-hybridized carbons (Fsp3) is 0.188. The molecule has 2 aromatic heterocycles. The molecular formula is C16H13N3O3S. The van der Waals surface area contributed by atoms with Crippen molar-refractivity contribution in [3.05, 3.63) is 40.3 Å². The standard InChI is InChI=1S/C16H13N3O3S/c1-4-7-18(2)14(20)11-9-17-16-19(15(11)21)12-6-5-10(22-3)8-13(12)23-16/h1,5-6,8-9H,7H2,2-3H3. The molecule has 0 aliphatic heterocycles. The first-order valence-electron chi connectivity index (χ1n) is 6.74. The van der Waals surface area contributed by atoms with Gasteiger partial charge in [-0.1, -0.05) is 17.3 Å². The van der Waals surface area contributed by atoms with Crippen molar-refractivity contribution < 1.29 is 9.53 Å². The van der Waals surface area contributed by atoms with E-state index in [-0.39, 0.29) is 12.1 Å². The predicted octanol–water partition coefficient (Wildman–Crippen LogP) is 1.62. The van der Waals surface area contributed by atoms with Crippen LogP contribution in [0.5, 0.6) is 5.75 Å². The van der Waals surface area contributed by atoms with Crippen LogP contribution in [0.15, 0.2) is 29.2 Å². The zero-order valence-electron chi connectivity index (χ0n) is 12.6. The number of terminal acetylenes is 1. The molecule has 1 aromatic carbocycles. The molecule has 23 heavy (non-hydrogen) atoms. The number of carbonyl (C=O) groups excluding carboxylic acids is 1. The van der Waals surface area contributed by atoms with Gasteiger partial charge in [0.1, 0.15) is 11.3 Å². The predicted molar refractivity (Wildman–Crippen MR) is 89.2 cm³/mol. The molecule has 7 heteroatoms. The van der Waals surface area contributed by atoms with E-state index in [1.54, 1.807) is 26.3 Å². The van der Waals surface area contributed by atoms with E-state index in [9.17, 15) is 9.59 Å². The number of ether oxygens (including phenoxy) is 1. The van der Waals surface area contributed by atoms with Gasteiger partial charge >= 0.3 is 0 Å². The van der Waals surface area contributed by atoms with Crippen LogP contribution in [0.4, 0.5) is 0 Å². The molecule has 0 aliphatic carbocycles. The summed E-state index contributed by atoms with van der Waals surface area (Å²) in [6.07, 6.45) is 6.51. The first-order valence-corrected chi connectivity index (χ1v) is 7.55. The maximum Gasteiger partial charge on any atom is 0.271 e. The number of hydrogen-bond acceptors (Lipinski definition) is 5. The minimum atomic E-state index is -0.442. The van der Waals surface area contributed by atoms with Crippen molar-refractivity contribution in [1.29, 1.82) is 0 Å². The Bertz CT molecular complexity index is 1010. The first-order chi connectivity index (χ1) is 11.1. The Balaban J connectivity index is 2.23. The van der Waals surface area contributed by atoms with Crippen LogP contribution < -0.4 is 10.3 Å². The third-order valence-electron chi connectivity index (χ3n) is 3.44. The van der Waals surface area contributed by atoms with Crippen LogP contribution in [-0.4, -0.2) is 40.9 Å². The summed E-state index contributed by atoms with van der Waals surface area (Å²) in [4.78, 5) is 31.1. The Hall–Kier alpha value is -2.85. The second kappa shape index (κ2) is 5.74. The van der Waals surface area contributed by atoms with Crippen LogP contribution in [0, 0.1) is 12.3 Å². The van der Waals surface area contributed by atoms with Crippen LogP contribution in [0.1, 0.15) is 10.4 Å². The van der Waals surface area contributed by atoms with Crippen molar-refractivity contribution in [1.82, 2.24) is 14.3 Å². The first kappa shape index (κ1) is 15.1. The summed E-state index contributed by atoms with van der Waals surface area (Å²) in [6, 6.07) is 5.38. The Morgan fingerprint density at radius 1 is 1.52 bits per heavy atom. The molecule has 3 rings (SSSR count). The Labute approximate surface area is 135 Å². The van der Waals surface area contributed by atoms with Gasteiger partial charge < -0.3 is 9.64 Å². The molecule has 3 aromatic rings. The Morgan fingerprint density at radius 3 is 3.00 bits per heavy atom. The van der Waals surface area contributed by atoms with Crippen molar-refractivity contribution in [3.63, 3.8) is 0 Å². The molecule has 0 unspecified atom stereocenters. The van der Waals surface area contributed by atoms with Crippen molar-refractivity contribution >= 4 is 32.4 Å². The lowest BCUT2D eigenvalue weighted by Crippen LogP contribution is -2.33. The summed E-state index contributed by atoms with van der Waals surface area (Å²) < 4.78 is 7.49. The fourth-order valence-electron chi connectivity index (χ4n) is 2.27. The van der Waals surface area contributed by atoms with Crippen molar-refractivity contribution in [3.8, 4) is 18.1 Å². The minimum absolute atomic E-state index is 0.00392. The average molecular weight is 327 g/mol. The second-order valence-electron chi connectivity index (χ2n) is 4.90. The van der Waals surface area contributed by atoms with Gasteiger partial charge in [0.2, 0.25) is 0 Å². The van der Waals surface area contributed by atoms with Crippen LogP contribution in [-0.2, 0) is 0 Å². The van der Waals surface area contributed by atoms with Crippen molar-refractivity contribution in [2.75, 3.05) is 20.7 Å². The van der Waals surface area contributed by atoms with Crippen LogP contribution in [0.3, 0.4) is 0 Å². The highest BCUT2D eigenvalue weighted by Gasteiger charge is 2.19. The number of fused-ring (bicyclic) bond motifs is 3. The summed E-state index contributed by atoms with van der Waals surface area (Å²) in [5.41, 5.74) is 0.286. The van der Waals surface area contributed by atoms with Gasteiger partial charge in [-0.2, -0.15) is 0 Å². The lowest BCUT2D eigenvalue weighted by atomic mass is 10.3. The van der Waals surface area contributed by atoms with E-state index in [0.29, 0.717) is 16.2 Å². The maximum atomic E-state index is 12.7. The minimum Gasteiger partial charge on any atom is -0.497 e. The van der Waals surface area contributed by atoms with Gasteiger partial charge in [0.15, 0.2) is 4.96 Å². The largest absolute Gasteiger partial charge is 0.497 e. The summed E-state index contributed by atoms with van der Waals surface area (Å²) in [7, 11) is 3.13. The van der Waals surface area contributed by atoms with Gasteiger partial charge in [-0.25, -0.2) is 4.98 Å². The molecule has 0 fully saturated rings. The third-order valence-corrected chi connectivity index (χ3v) is 4.46. The lowest BCUT2D eigenvalue weighted by molar-refractivity contribution is 0.0810. The number of rotatable bonds is 3. The number of carbonyl (C=O) groups is 1. The number of thiazole rings is 1. The number of benzene rings is 1. The van der Waals surface area contributed by atoms with Gasteiger partial charge in [-0.3, -0.25) is 14.0 Å². The summed E-state index contributed by atoms with van der Waals surface area (Å²) in [6.45, 7) is 0.128. The molecule has 0 N–H and O–H groups in total. The van der Waals surface area contributed by atoms with Crippen LogP contribution in [0.2, 0.25) is 0 Å². The highest BCUT2D eigenvalue weighted by atomic mass is 32.1. The molecule has 0 saturated heterocycles. The number of aromatic nitrogens is 2. The third kappa shape index (κ3) is 2.43. The van der Waals surface area contributed by atoms with Crippen LogP contribution in [0.25, 0.3) is 15.2 Å². The molecule has 0 spiro atoms. The van der Waals surface area contributed by atoms with E-state index < -0.39 is 11.5 Å². The summed E-state index contributed by atoms with van der Waals surface area (Å²) in [5.74, 6) is 2.63. The van der Waals surface area contributed by atoms with Gasteiger partial charge in [0.05, 0.1) is 23.9 Å². The second-order valence-corrected chi connectivity index (χ2v) is 5.91. The molecule has 116 valence electrons. The normalized spacial score (nSPS) is 10.7. The van der Waals surface area contributed by atoms with Gasteiger partial charge in [-0.05, 0) is 18.2 Å². The highest BCUT2D eigenvalue weighted by molar-refractivity contribution is 7.23. The number of amides is 1. The number of nitrogens with zero attached hydrogens (tertiary/aromatic N) is 3.